The molecule has 0 saturated carbocycles. The smallest absolute Gasteiger partial charge is 0.220 e. The van der Waals surface area contributed by atoms with Gasteiger partial charge in [0.25, 0.3) is 0 Å². The molecule has 134 valence electrons. The molecule has 0 aliphatic carbocycles. The summed E-state index contributed by atoms with van der Waals surface area (Å²) in [6.07, 6.45) is 3.96. The largest absolute Gasteiger partial charge is 0.437 e. The second-order valence-corrected chi connectivity index (χ2v) is 7.81. The first-order valence-corrected chi connectivity index (χ1v) is 9.24. The zero-order chi connectivity index (χ0) is 18.9. The predicted molar refractivity (Wildman–Crippen MR) is 114 cm³/mol. The Balaban J connectivity index is 1.55. The Morgan fingerprint density at radius 3 is 2.19 bits per heavy atom. The summed E-state index contributed by atoms with van der Waals surface area (Å²) >= 11 is 0. The molecule has 0 spiro atoms. The molecule has 27 heavy (non-hydrogen) atoms. The third-order valence-corrected chi connectivity index (χ3v) is 4.71. The molecule has 0 aliphatic rings. The molecule has 2 heteroatoms. The van der Waals surface area contributed by atoms with Crippen molar-refractivity contribution in [3.8, 4) is 11.1 Å². The molecule has 0 unspecified atom stereocenters. The van der Waals surface area contributed by atoms with E-state index in [1.165, 1.54) is 16.7 Å². The topological polar surface area (TPSA) is 26.0 Å². The molecule has 0 bridgehead atoms. The van der Waals surface area contributed by atoms with E-state index < -0.39 is 0 Å². The van der Waals surface area contributed by atoms with E-state index in [4.69, 9.17) is 4.42 Å². The Morgan fingerprint density at radius 1 is 0.778 bits per heavy atom. The second-order valence-electron chi connectivity index (χ2n) is 7.81. The van der Waals surface area contributed by atoms with Crippen molar-refractivity contribution in [3.05, 3.63) is 89.8 Å². The lowest BCUT2D eigenvalue weighted by Gasteiger charge is -2.18. The number of hydrogen-bond donors (Lipinski definition) is 0. The van der Waals surface area contributed by atoms with Crippen LogP contribution in [0, 0.1) is 0 Å². The van der Waals surface area contributed by atoms with Gasteiger partial charge >= 0.3 is 0 Å². The van der Waals surface area contributed by atoms with E-state index in [0.717, 1.165) is 16.7 Å². The minimum atomic E-state index is 0.101. The Kier molecular flexibility index (Phi) is 4.41. The highest BCUT2D eigenvalue weighted by Crippen LogP contribution is 2.27. The number of hydrogen-bond acceptors (Lipinski definition) is 2. The third kappa shape index (κ3) is 3.85. The molecule has 3 aromatic carbocycles. The maximum Gasteiger partial charge on any atom is 0.220 e. The maximum atomic E-state index is 5.85. The number of benzene rings is 3. The van der Waals surface area contributed by atoms with Gasteiger partial charge in [0.05, 0.1) is 0 Å². The zero-order valence-corrected chi connectivity index (χ0v) is 15.9. The van der Waals surface area contributed by atoms with Crippen molar-refractivity contribution in [2.75, 3.05) is 0 Å². The van der Waals surface area contributed by atoms with Gasteiger partial charge < -0.3 is 4.42 Å². The van der Waals surface area contributed by atoms with Gasteiger partial charge in [0, 0.05) is 6.08 Å². The van der Waals surface area contributed by atoms with E-state index in [9.17, 15) is 0 Å². The van der Waals surface area contributed by atoms with Crippen LogP contribution in [0.5, 0.6) is 0 Å². The van der Waals surface area contributed by atoms with Gasteiger partial charge in [0.2, 0.25) is 5.89 Å². The van der Waals surface area contributed by atoms with Crippen molar-refractivity contribution >= 4 is 23.3 Å². The van der Waals surface area contributed by atoms with E-state index in [1.807, 2.05) is 24.3 Å². The second kappa shape index (κ2) is 6.88. The minimum absolute atomic E-state index is 0.101. The predicted octanol–water partition coefficient (Wildman–Crippen LogP) is 6.96. The molecule has 0 N–H and O–H groups in total. The van der Waals surface area contributed by atoms with Crippen LogP contribution in [0.3, 0.4) is 0 Å². The third-order valence-electron chi connectivity index (χ3n) is 4.71. The summed E-state index contributed by atoms with van der Waals surface area (Å²) < 4.78 is 5.85. The van der Waals surface area contributed by atoms with Crippen LogP contribution in [0.1, 0.15) is 37.8 Å². The maximum absolute atomic E-state index is 5.85. The Hall–Kier alpha value is -3.13. The highest BCUT2D eigenvalue weighted by Gasteiger charge is 2.15. The van der Waals surface area contributed by atoms with E-state index in [0.29, 0.717) is 5.89 Å². The summed E-state index contributed by atoms with van der Waals surface area (Å²) in [4.78, 5) is 4.61. The van der Waals surface area contributed by atoms with Gasteiger partial charge in [-0.1, -0.05) is 81.4 Å². The van der Waals surface area contributed by atoms with Crippen LogP contribution in [0.25, 0.3) is 34.4 Å². The molecule has 2 nitrogen and oxygen atoms in total. The number of oxazole rings is 1. The normalized spacial score (nSPS) is 12.1. The Labute approximate surface area is 160 Å². The summed E-state index contributed by atoms with van der Waals surface area (Å²) in [6.45, 7) is 6.61. The fourth-order valence-corrected chi connectivity index (χ4v) is 3.07. The van der Waals surface area contributed by atoms with Gasteiger partial charge in [-0.3, -0.25) is 0 Å². The molecule has 0 radical (unpaired) electrons. The van der Waals surface area contributed by atoms with Crippen LogP contribution in [-0.2, 0) is 5.41 Å². The van der Waals surface area contributed by atoms with Crippen molar-refractivity contribution in [3.63, 3.8) is 0 Å². The Bertz CT molecular complexity index is 1080. The molecule has 4 aromatic rings. The highest BCUT2D eigenvalue weighted by molar-refractivity contribution is 5.77. The van der Waals surface area contributed by atoms with Crippen LogP contribution < -0.4 is 0 Å². The van der Waals surface area contributed by atoms with Crippen LogP contribution in [0.4, 0.5) is 0 Å². The summed E-state index contributed by atoms with van der Waals surface area (Å²) in [7, 11) is 0. The summed E-state index contributed by atoms with van der Waals surface area (Å²) in [5, 5.41) is 0. The molecule has 4 rings (SSSR count). The number of aromatic nitrogens is 1. The van der Waals surface area contributed by atoms with Crippen molar-refractivity contribution in [1.82, 2.24) is 4.98 Å². The van der Waals surface area contributed by atoms with Gasteiger partial charge in [-0.25, -0.2) is 4.98 Å². The first-order chi connectivity index (χ1) is 13.0. The standard InChI is InChI=1S/C25H23NO/c1-25(2,3)21-14-15-23-22(17-21)26-24(27-23)16-11-18-9-12-20(13-10-18)19-7-5-4-6-8-19/h4-17H,1-3H3. The molecule has 1 heterocycles. The van der Waals surface area contributed by atoms with Crippen LogP contribution in [-0.4, -0.2) is 4.98 Å². The van der Waals surface area contributed by atoms with Crippen molar-refractivity contribution in [2.24, 2.45) is 0 Å². The van der Waals surface area contributed by atoms with E-state index in [2.05, 4.69) is 86.4 Å². The first kappa shape index (κ1) is 17.3. The molecule has 0 fully saturated rings. The van der Waals surface area contributed by atoms with E-state index >= 15 is 0 Å². The van der Waals surface area contributed by atoms with Gasteiger partial charge in [0.1, 0.15) is 5.52 Å². The number of fused-ring (bicyclic) bond motifs is 1. The summed E-state index contributed by atoms with van der Waals surface area (Å²) in [6, 6.07) is 25.1. The molecular weight excluding hydrogens is 330 g/mol. The highest BCUT2D eigenvalue weighted by atomic mass is 16.3. The summed E-state index contributed by atoms with van der Waals surface area (Å²) in [5.41, 5.74) is 6.64. The van der Waals surface area contributed by atoms with Gasteiger partial charge in [-0.05, 0) is 45.9 Å². The molecule has 1 aromatic heterocycles. The molecule has 0 amide bonds. The fourth-order valence-electron chi connectivity index (χ4n) is 3.07. The zero-order valence-electron chi connectivity index (χ0n) is 15.9. The fraction of sp³-hybridized carbons (Fsp3) is 0.160. The van der Waals surface area contributed by atoms with Crippen LogP contribution in [0.15, 0.2) is 77.2 Å². The van der Waals surface area contributed by atoms with Gasteiger partial charge in [0.15, 0.2) is 5.58 Å². The average Bonchev–Trinajstić information content (AvgIpc) is 3.09. The molecule has 0 atom stereocenters. The monoisotopic (exact) mass is 353 g/mol. The molecule has 0 aliphatic heterocycles. The number of nitrogens with zero attached hydrogens (tertiary/aromatic N) is 1. The minimum Gasteiger partial charge on any atom is -0.437 e. The SMILES string of the molecule is CC(C)(C)c1ccc2oc(C=Cc3ccc(-c4ccccc4)cc3)nc2c1. The van der Waals surface area contributed by atoms with E-state index in [-0.39, 0.29) is 5.41 Å². The quantitative estimate of drug-likeness (QED) is 0.398. The lowest BCUT2D eigenvalue weighted by molar-refractivity contribution is 0.585. The summed E-state index contributed by atoms with van der Waals surface area (Å²) in [5.74, 6) is 0.628. The van der Waals surface area contributed by atoms with E-state index in [1.54, 1.807) is 0 Å². The lowest BCUT2D eigenvalue weighted by atomic mass is 9.87. The van der Waals surface area contributed by atoms with Crippen molar-refractivity contribution in [1.29, 1.82) is 0 Å². The van der Waals surface area contributed by atoms with Gasteiger partial charge in [-0.2, -0.15) is 0 Å². The van der Waals surface area contributed by atoms with Gasteiger partial charge in [-0.15, -0.1) is 0 Å². The molecule has 0 saturated heterocycles. The Morgan fingerprint density at radius 2 is 1.48 bits per heavy atom. The molecular formula is C25H23NO. The first-order valence-electron chi connectivity index (χ1n) is 9.24. The average molecular weight is 353 g/mol. The van der Waals surface area contributed by atoms with Crippen molar-refractivity contribution in [2.45, 2.75) is 26.2 Å². The van der Waals surface area contributed by atoms with Crippen LogP contribution in [0.2, 0.25) is 0 Å². The number of rotatable bonds is 3. The van der Waals surface area contributed by atoms with Crippen molar-refractivity contribution < 1.29 is 4.42 Å². The van der Waals surface area contributed by atoms with Crippen LogP contribution >= 0.6 is 0 Å². The lowest BCUT2D eigenvalue weighted by Crippen LogP contribution is -2.10.